The van der Waals surface area contributed by atoms with E-state index < -0.39 is 0 Å². The maximum atomic E-state index is 11.6. The molecule has 0 radical (unpaired) electrons. The summed E-state index contributed by atoms with van der Waals surface area (Å²) in [5.74, 6) is -0.660. The van der Waals surface area contributed by atoms with Gasteiger partial charge < -0.3 is 5.11 Å². The lowest BCUT2D eigenvalue weighted by molar-refractivity contribution is 0.100. The summed E-state index contributed by atoms with van der Waals surface area (Å²) in [4.78, 5) is 30.9. The quantitative estimate of drug-likeness (QED) is 0.852. The Morgan fingerprint density at radius 3 is 2.32 bits per heavy atom. The van der Waals surface area contributed by atoms with Crippen molar-refractivity contribution in [2.45, 2.75) is 13.8 Å². The van der Waals surface area contributed by atoms with Crippen LogP contribution in [-0.4, -0.2) is 26.6 Å². The molecule has 2 aromatic heterocycles. The third-order valence-electron chi connectivity index (χ3n) is 2.76. The van der Waals surface area contributed by atoms with E-state index in [4.69, 9.17) is 0 Å². The normalized spacial score (nSPS) is 10.2. The highest BCUT2D eigenvalue weighted by molar-refractivity contribution is 6.03. The van der Waals surface area contributed by atoms with Gasteiger partial charge in [-0.25, -0.2) is 0 Å². The summed E-state index contributed by atoms with van der Waals surface area (Å²) >= 11 is 0. The molecule has 0 aliphatic carbocycles. The van der Waals surface area contributed by atoms with Crippen LogP contribution in [0.2, 0.25) is 0 Å². The van der Waals surface area contributed by atoms with Gasteiger partial charge in [-0.1, -0.05) is 0 Å². The van der Waals surface area contributed by atoms with Crippen LogP contribution in [0.15, 0.2) is 30.7 Å². The van der Waals surface area contributed by atoms with E-state index in [1.54, 1.807) is 6.07 Å². The molecule has 0 saturated carbocycles. The summed E-state index contributed by atoms with van der Waals surface area (Å²) in [5.41, 5.74) is 1.17. The van der Waals surface area contributed by atoms with Crippen molar-refractivity contribution in [3.8, 4) is 17.0 Å². The van der Waals surface area contributed by atoms with Gasteiger partial charge in [0.1, 0.15) is 5.69 Å². The molecule has 1 N–H and O–H groups in total. The molecule has 2 heterocycles. The predicted octanol–water partition coefficient (Wildman–Crippen LogP) is 2.25. The second-order valence-corrected chi connectivity index (χ2v) is 4.09. The molecule has 2 aromatic rings. The molecule has 0 fully saturated rings. The highest BCUT2D eigenvalue weighted by Crippen LogP contribution is 2.32. The Morgan fingerprint density at radius 2 is 1.68 bits per heavy atom. The van der Waals surface area contributed by atoms with Gasteiger partial charge in [-0.05, 0) is 26.0 Å². The number of aromatic hydroxyl groups is 1. The van der Waals surface area contributed by atoms with Crippen LogP contribution in [0.25, 0.3) is 11.3 Å². The van der Waals surface area contributed by atoms with Crippen LogP contribution in [-0.2, 0) is 0 Å². The number of hydrogen-bond acceptors (Lipinski definition) is 5. The minimum absolute atomic E-state index is 0.160. The predicted molar refractivity (Wildman–Crippen MR) is 69.1 cm³/mol. The van der Waals surface area contributed by atoms with Gasteiger partial charge in [0.2, 0.25) is 0 Å². The molecule has 0 amide bonds. The largest absolute Gasteiger partial charge is 0.505 e. The van der Waals surface area contributed by atoms with E-state index >= 15 is 0 Å². The van der Waals surface area contributed by atoms with Crippen LogP contribution in [0.3, 0.4) is 0 Å². The number of carbonyl (C=O) groups is 2. The number of hydrogen-bond donors (Lipinski definition) is 1. The summed E-state index contributed by atoms with van der Waals surface area (Å²) in [6, 6.07) is 2.99. The van der Waals surface area contributed by atoms with Gasteiger partial charge >= 0.3 is 0 Å². The average Bonchev–Trinajstić information content (AvgIpc) is 2.38. The zero-order valence-electron chi connectivity index (χ0n) is 10.5. The number of aromatic nitrogens is 2. The Kier molecular flexibility index (Phi) is 3.37. The number of Topliss-reactive ketones (excluding diaryl/α,β-unsaturated/α-hetero) is 2. The maximum Gasteiger partial charge on any atom is 0.163 e. The Balaban J connectivity index is 2.70. The van der Waals surface area contributed by atoms with Gasteiger partial charge in [0.05, 0.1) is 5.56 Å². The average molecular weight is 256 g/mol. The van der Waals surface area contributed by atoms with Crippen LogP contribution in [0.1, 0.15) is 34.6 Å². The van der Waals surface area contributed by atoms with Crippen molar-refractivity contribution in [1.82, 2.24) is 9.97 Å². The number of nitrogens with zero attached hydrogens (tertiary/aromatic N) is 2. The Morgan fingerprint density at radius 1 is 1.05 bits per heavy atom. The van der Waals surface area contributed by atoms with Gasteiger partial charge in [0, 0.05) is 29.7 Å². The van der Waals surface area contributed by atoms with E-state index in [1.165, 1.54) is 38.5 Å². The summed E-state index contributed by atoms with van der Waals surface area (Å²) in [6.45, 7) is 2.78. The molecule has 0 bridgehead atoms. The fourth-order valence-corrected chi connectivity index (χ4v) is 1.83. The van der Waals surface area contributed by atoms with E-state index in [9.17, 15) is 14.7 Å². The molecule has 0 spiro atoms. The first kappa shape index (κ1) is 12.9. The van der Waals surface area contributed by atoms with Crippen molar-refractivity contribution >= 4 is 11.6 Å². The smallest absolute Gasteiger partial charge is 0.163 e. The third kappa shape index (κ3) is 2.35. The number of ketones is 2. The molecular weight excluding hydrogens is 244 g/mol. The number of rotatable bonds is 3. The Bertz CT molecular complexity index is 665. The summed E-state index contributed by atoms with van der Waals surface area (Å²) in [5, 5.41) is 10.1. The molecular formula is C14H12N2O3. The number of carbonyl (C=O) groups excluding carboxylic acids is 2. The lowest BCUT2D eigenvalue weighted by Crippen LogP contribution is -2.01. The summed E-state index contributed by atoms with van der Waals surface area (Å²) < 4.78 is 0. The zero-order valence-corrected chi connectivity index (χ0v) is 10.5. The van der Waals surface area contributed by atoms with Gasteiger partial charge in [-0.15, -0.1) is 0 Å². The van der Waals surface area contributed by atoms with Crippen LogP contribution in [0, 0.1) is 0 Å². The highest BCUT2D eigenvalue weighted by atomic mass is 16.3. The first-order valence-electron chi connectivity index (χ1n) is 5.66. The molecule has 5 heteroatoms. The maximum absolute atomic E-state index is 11.6. The van der Waals surface area contributed by atoms with E-state index in [1.807, 2.05) is 0 Å². The van der Waals surface area contributed by atoms with Crippen molar-refractivity contribution in [2.75, 3.05) is 0 Å². The van der Waals surface area contributed by atoms with Gasteiger partial charge in [-0.3, -0.25) is 19.6 Å². The fraction of sp³-hybridized carbons (Fsp3) is 0.143. The summed E-state index contributed by atoms with van der Waals surface area (Å²) in [6.07, 6.45) is 4.36. The van der Waals surface area contributed by atoms with E-state index in [0.717, 1.165) is 0 Å². The molecule has 19 heavy (non-hydrogen) atoms. The van der Waals surface area contributed by atoms with Crippen LogP contribution in [0.4, 0.5) is 0 Å². The van der Waals surface area contributed by atoms with Crippen molar-refractivity contribution in [3.63, 3.8) is 0 Å². The van der Waals surface area contributed by atoms with E-state index in [0.29, 0.717) is 11.1 Å². The Hall–Kier alpha value is -2.56. The second-order valence-electron chi connectivity index (χ2n) is 4.09. The Labute approximate surface area is 110 Å². The first-order chi connectivity index (χ1) is 9.02. The standard InChI is InChI=1S/C14H12N2O3/c1-8(17)10-3-5-15-7-12(10)13-14(19)11(9(2)18)4-6-16-13/h3-7,19H,1-2H3. The molecule has 0 saturated heterocycles. The van der Waals surface area contributed by atoms with Crippen molar-refractivity contribution < 1.29 is 14.7 Å². The van der Waals surface area contributed by atoms with Gasteiger partial charge in [-0.2, -0.15) is 0 Å². The van der Waals surface area contributed by atoms with E-state index in [2.05, 4.69) is 9.97 Å². The molecule has 5 nitrogen and oxygen atoms in total. The second kappa shape index (κ2) is 4.97. The molecule has 0 aliphatic rings. The third-order valence-corrected chi connectivity index (χ3v) is 2.76. The zero-order chi connectivity index (χ0) is 14.0. The van der Waals surface area contributed by atoms with Crippen LogP contribution >= 0.6 is 0 Å². The minimum Gasteiger partial charge on any atom is -0.505 e. The van der Waals surface area contributed by atoms with Crippen molar-refractivity contribution in [2.24, 2.45) is 0 Å². The monoisotopic (exact) mass is 256 g/mol. The van der Waals surface area contributed by atoms with E-state index in [-0.39, 0.29) is 28.6 Å². The molecule has 2 rings (SSSR count). The molecule has 96 valence electrons. The van der Waals surface area contributed by atoms with Gasteiger partial charge in [0.25, 0.3) is 0 Å². The SMILES string of the molecule is CC(=O)c1ccncc1-c1nccc(C(C)=O)c1O. The molecule has 0 atom stereocenters. The van der Waals surface area contributed by atoms with Crippen LogP contribution in [0.5, 0.6) is 5.75 Å². The fourth-order valence-electron chi connectivity index (χ4n) is 1.83. The lowest BCUT2D eigenvalue weighted by Gasteiger charge is -2.09. The minimum atomic E-state index is -0.269. The molecule has 0 unspecified atom stereocenters. The first-order valence-corrected chi connectivity index (χ1v) is 5.66. The molecule has 0 aromatic carbocycles. The molecule has 0 aliphatic heterocycles. The van der Waals surface area contributed by atoms with Crippen molar-refractivity contribution in [1.29, 1.82) is 0 Å². The number of pyridine rings is 2. The topological polar surface area (TPSA) is 80.2 Å². The van der Waals surface area contributed by atoms with Crippen LogP contribution < -0.4 is 0 Å². The van der Waals surface area contributed by atoms with Gasteiger partial charge in [0.15, 0.2) is 17.3 Å². The highest BCUT2D eigenvalue weighted by Gasteiger charge is 2.17. The lowest BCUT2D eigenvalue weighted by atomic mass is 10.0. The summed E-state index contributed by atoms with van der Waals surface area (Å²) in [7, 11) is 0. The van der Waals surface area contributed by atoms with Crippen molar-refractivity contribution in [3.05, 3.63) is 41.9 Å².